The summed E-state index contributed by atoms with van der Waals surface area (Å²) in [6.45, 7) is 11.1. The Hall–Kier alpha value is -2.81. The van der Waals surface area contributed by atoms with E-state index in [2.05, 4.69) is 0 Å². The van der Waals surface area contributed by atoms with E-state index in [9.17, 15) is 19.2 Å². The predicted molar refractivity (Wildman–Crippen MR) is 132 cm³/mol. The minimum absolute atomic E-state index is 0.0404. The van der Waals surface area contributed by atoms with E-state index in [1.807, 2.05) is 12.1 Å². The molecule has 3 atom stereocenters. The zero-order valence-corrected chi connectivity index (χ0v) is 22.7. The van der Waals surface area contributed by atoms with Crippen LogP contribution in [0.25, 0.3) is 0 Å². The maximum absolute atomic E-state index is 13.7. The first kappa shape index (κ1) is 27.8. The monoisotopic (exact) mass is 522 g/mol. The van der Waals surface area contributed by atoms with Gasteiger partial charge in [0.05, 0.1) is 20.2 Å². The van der Waals surface area contributed by atoms with Gasteiger partial charge in [-0.2, -0.15) is 0 Å². The number of hydrogen-bond donors (Lipinski definition) is 0. The molecule has 2 amide bonds. The van der Waals surface area contributed by atoms with Gasteiger partial charge in [0, 0.05) is 18.0 Å². The number of halogens is 1. The third kappa shape index (κ3) is 6.11. The van der Waals surface area contributed by atoms with Gasteiger partial charge in [0.15, 0.2) is 0 Å². The molecule has 0 spiro atoms. The number of carbonyl (C=O) groups excluding carboxylic acids is 4. The molecule has 0 bridgehead atoms. The van der Waals surface area contributed by atoms with Crippen LogP contribution in [0, 0.1) is 11.3 Å². The fourth-order valence-electron chi connectivity index (χ4n) is 4.56. The molecule has 1 saturated heterocycles. The number of amides is 2. The number of nitrogens with zero attached hydrogens (tertiary/aromatic N) is 2. The minimum atomic E-state index is -1.16. The Balaban J connectivity index is 1.77. The van der Waals surface area contributed by atoms with Gasteiger partial charge in [-0.3, -0.25) is 14.5 Å². The molecule has 1 fully saturated rings. The molecule has 3 rings (SSSR count). The summed E-state index contributed by atoms with van der Waals surface area (Å²) in [6, 6.07) is 4.51. The summed E-state index contributed by atoms with van der Waals surface area (Å²) in [5, 5.41) is 0.585. The Bertz CT molecular complexity index is 1040. The Morgan fingerprint density at radius 1 is 1.06 bits per heavy atom. The van der Waals surface area contributed by atoms with Crippen LogP contribution in [0.2, 0.25) is 5.02 Å². The Labute approximate surface area is 217 Å². The number of benzene rings is 1. The molecule has 9 nitrogen and oxygen atoms in total. The molecule has 3 unspecified atom stereocenters. The molecule has 198 valence electrons. The van der Waals surface area contributed by atoms with Crippen LogP contribution in [0.1, 0.15) is 59.1 Å². The number of hydrogen-bond acceptors (Lipinski definition) is 7. The lowest BCUT2D eigenvalue weighted by Gasteiger charge is -2.34. The van der Waals surface area contributed by atoms with Gasteiger partial charge in [-0.15, -0.1) is 0 Å². The van der Waals surface area contributed by atoms with Gasteiger partial charge in [0.25, 0.3) is 0 Å². The summed E-state index contributed by atoms with van der Waals surface area (Å²) in [4.78, 5) is 55.0. The maximum atomic E-state index is 13.7. The van der Waals surface area contributed by atoms with Gasteiger partial charge in [0.2, 0.25) is 5.91 Å². The molecule has 1 aromatic carbocycles. The molecule has 0 aromatic heterocycles. The van der Waals surface area contributed by atoms with Crippen molar-refractivity contribution < 1.29 is 33.4 Å². The van der Waals surface area contributed by atoms with Crippen LogP contribution in [0.3, 0.4) is 0 Å². The Morgan fingerprint density at radius 2 is 1.72 bits per heavy atom. The van der Waals surface area contributed by atoms with Gasteiger partial charge < -0.3 is 19.1 Å². The van der Waals surface area contributed by atoms with Crippen molar-refractivity contribution in [1.82, 2.24) is 9.80 Å². The third-order valence-electron chi connectivity index (χ3n) is 6.23. The van der Waals surface area contributed by atoms with E-state index in [1.165, 1.54) is 16.9 Å². The molecule has 0 N–H and O–H groups in total. The van der Waals surface area contributed by atoms with Crippen molar-refractivity contribution in [3.63, 3.8) is 0 Å². The highest BCUT2D eigenvalue weighted by atomic mass is 35.5. The van der Waals surface area contributed by atoms with Gasteiger partial charge in [-0.05, 0) is 43.4 Å². The predicted octanol–water partition coefficient (Wildman–Crippen LogP) is 3.94. The van der Waals surface area contributed by atoms with Crippen LogP contribution < -0.4 is 0 Å². The van der Waals surface area contributed by atoms with Crippen LogP contribution >= 0.6 is 11.6 Å². The van der Waals surface area contributed by atoms with Gasteiger partial charge in [-0.1, -0.05) is 44.5 Å². The lowest BCUT2D eigenvalue weighted by molar-refractivity contribution is -0.171. The van der Waals surface area contributed by atoms with E-state index in [0.717, 1.165) is 11.1 Å². The van der Waals surface area contributed by atoms with Crippen LogP contribution in [0.15, 0.2) is 18.2 Å². The fourth-order valence-corrected chi connectivity index (χ4v) is 4.82. The van der Waals surface area contributed by atoms with Crippen molar-refractivity contribution in [2.24, 2.45) is 11.3 Å². The highest BCUT2D eigenvalue weighted by Gasteiger charge is 2.49. The van der Waals surface area contributed by atoms with E-state index < -0.39 is 53.0 Å². The summed E-state index contributed by atoms with van der Waals surface area (Å²) in [5.41, 5.74) is 0.245. The van der Waals surface area contributed by atoms with Crippen molar-refractivity contribution in [3.8, 4) is 0 Å². The van der Waals surface area contributed by atoms with Gasteiger partial charge in [0.1, 0.15) is 23.7 Å². The number of methoxy groups -OCH3 is 1. The molecule has 36 heavy (non-hydrogen) atoms. The molecule has 2 aliphatic heterocycles. The molecule has 0 aliphatic carbocycles. The first-order valence-electron chi connectivity index (χ1n) is 12.0. The number of rotatable bonds is 4. The van der Waals surface area contributed by atoms with Gasteiger partial charge >= 0.3 is 18.0 Å². The minimum Gasteiger partial charge on any atom is -0.467 e. The smallest absolute Gasteiger partial charge is 0.410 e. The normalized spacial score (nSPS) is 20.6. The van der Waals surface area contributed by atoms with Crippen LogP contribution in [-0.2, 0) is 41.7 Å². The van der Waals surface area contributed by atoms with E-state index in [1.54, 1.807) is 47.6 Å². The Morgan fingerprint density at radius 3 is 2.28 bits per heavy atom. The van der Waals surface area contributed by atoms with E-state index in [-0.39, 0.29) is 13.0 Å². The number of likely N-dealkylation sites (tertiary alicyclic amines) is 1. The zero-order valence-electron chi connectivity index (χ0n) is 21.9. The van der Waals surface area contributed by atoms with Crippen molar-refractivity contribution in [2.45, 2.75) is 78.8 Å². The molecular formula is C26H35ClN2O7. The fraction of sp³-hybridized carbons (Fsp3) is 0.615. The molecule has 2 aliphatic rings. The van der Waals surface area contributed by atoms with Gasteiger partial charge in [-0.25, -0.2) is 9.59 Å². The Kier molecular flexibility index (Phi) is 7.93. The SMILES string of the molecule is COC(=O)C1CC(OC(=O)N2Cc3cccc(Cl)c3C2)CN1C(=O)C(C(=O)OC(C)(C)C)C(C)(C)C. The van der Waals surface area contributed by atoms with Crippen molar-refractivity contribution in [1.29, 1.82) is 0 Å². The van der Waals surface area contributed by atoms with E-state index in [4.69, 9.17) is 25.8 Å². The van der Waals surface area contributed by atoms with Crippen molar-refractivity contribution in [3.05, 3.63) is 34.3 Å². The second-order valence-electron chi connectivity index (χ2n) is 11.3. The molecule has 0 radical (unpaired) electrons. The average Bonchev–Trinajstić information content (AvgIpc) is 3.36. The summed E-state index contributed by atoms with van der Waals surface area (Å²) in [7, 11) is 1.23. The topological polar surface area (TPSA) is 102 Å². The standard InChI is InChI=1S/C26H35ClN2O7/c1-25(2,3)20(23(32)36-26(4,5)6)21(30)29-13-16(11-19(29)22(31)34-7)35-24(33)28-12-15-9-8-10-18(27)17(15)14-28/h8-10,16,19-20H,11-14H2,1-7H3. The second kappa shape index (κ2) is 10.3. The largest absolute Gasteiger partial charge is 0.467 e. The van der Waals surface area contributed by atoms with Crippen LogP contribution in [-0.4, -0.2) is 65.1 Å². The third-order valence-corrected chi connectivity index (χ3v) is 6.58. The quantitative estimate of drug-likeness (QED) is 0.335. The van der Waals surface area contributed by atoms with E-state index >= 15 is 0 Å². The highest BCUT2D eigenvalue weighted by Crippen LogP contribution is 2.34. The molecule has 10 heteroatoms. The molecule has 1 aromatic rings. The molecular weight excluding hydrogens is 488 g/mol. The first-order chi connectivity index (χ1) is 16.6. The average molecular weight is 523 g/mol. The van der Waals surface area contributed by atoms with Crippen LogP contribution in [0.4, 0.5) is 4.79 Å². The summed E-state index contributed by atoms with van der Waals surface area (Å²) >= 11 is 6.25. The number of carbonyl (C=O) groups is 4. The summed E-state index contributed by atoms with van der Waals surface area (Å²) in [6.07, 6.45) is -1.25. The lowest BCUT2D eigenvalue weighted by Crippen LogP contribution is -2.50. The molecule has 0 saturated carbocycles. The summed E-state index contributed by atoms with van der Waals surface area (Å²) in [5.74, 6) is -3.03. The molecule has 2 heterocycles. The number of esters is 2. The maximum Gasteiger partial charge on any atom is 0.410 e. The zero-order chi connectivity index (χ0) is 27.0. The second-order valence-corrected chi connectivity index (χ2v) is 11.7. The highest BCUT2D eigenvalue weighted by molar-refractivity contribution is 6.31. The van der Waals surface area contributed by atoms with Crippen molar-refractivity contribution in [2.75, 3.05) is 13.7 Å². The summed E-state index contributed by atoms with van der Waals surface area (Å²) < 4.78 is 16.1. The number of ether oxygens (including phenoxy) is 3. The van der Waals surface area contributed by atoms with Crippen molar-refractivity contribution >= 4 is 35.5 Å². The van der Waals surface area contributed by atoms with E-state index in [0.29, 0.717) is 18.1 Å². The number of fused-ring (bicyclic) bond motifs is 1. The van der Waals surface area contributed by atoms with Crippen LogP contribution in [0.5, 0.6) is 0 Å². The first-order valence-corrected chi connectivity index (χ1v) is 12.3. The lowest BCUT2D eigenvalue weighted by atomic mass is 9.79.